The third kappa shape index (κ3) is 5.36. The molecule has 6 rings (SSSR count). The van der Waals surface area contributed by atoms with E-state index < -0.39 is 10.0 Å². The molecule has 1 aliphatic rings. The summed E-state index contributed by atoms with van der Waals surface area (Å²) < 4.78 is 28.3. The lowest BCUT2D eigenvalue weighted by atomic mass is 10.2. The first kappa shape index (κ1) is 27.2. The number of aromatic nitrogens is 7. The molecule has 42 heavy (non-hydrogen) atoms. The predicted molar refractivity (Wildman–Crippen MR) is 160 cm³/mol. The normalized spacial score (nSPS) is 14.3. The number of pyridine rings is 1. The third-order valence-electron chi connectivity index (χ3n) is 6.95. The number of nitrogens with zero attached hydrogens (tertiary/aromatic N) is 9. The summed E-state index contributed by atoms with van der Waals surface area (Å²) in [4.78, 5) is 37.8. The minimum absolute atomic E-state index is 0.245. The molecule has 1 aliphatic heterocycles. The van der Waals surface area contributed by atoms with Crippen molar-refractivity contribution in [2.45, 2.75) is 6.54 Å². The average molecular weight is 585 g/mol. The van der Waals surface area contributed by atoms with Gasteiger partial charge in [-0.1, -0.05) is 12.1 Å². The number of allylic oxidation sites excluding steroid dienone is 1. The Hall–Kier alpha value is -4.95. The van der Waals surface area contributed by atoms with Crippen LogP contribution in [0.4, 0.5) is 17.3 Å². The maximum atomic E-state index is 13.3. The van der Waals surface area contributed by atoms with E-state index in [4.69, 9.17) is 9.97 Å². The molecule has 5 aromatic rings. The summed E-state index contributed by atoms with van der Waals surface area (Å²) in [6.07, 6.45) is 9.20. The van der Waals surface area contributed by atoms with Crippen molar-refractivity contribution < 1.29 is 8.42 Å². The molecule has 14 heteroatoms. The van der Waals surface area contributed by atoms with Gasteiger partial charge in [-0.2, -0.15) is 9.29 Å². The van der Waals surface area contributed by atoms with Crippen LogP contribution >= 0.6 is 0 Å². The molecule has 0 aliphatic carbocycles. The summed E-state index contributed by atoms with van der Waals surface area (Å²) in [7, 11) is -3.18. The number of hydrogen-bond acceptors (Lipinski definition) is 10. The Morgan fingerprint density at radius 2 is 1.74 bits per heavy atom. The predicted octanol–water partition coefficient (Wildman–Crippen LogP) is 2.45. The smallest absolute Gasteiger partial charge is 0.278 e. The lowest BCUT2D eigenvalue weighted by Crippen LogP contribution is -2.48. The first-order valence-electron chi connectivity index (χ1n) is 13.2. The maximum absolute atomic E-state index is 13.3. The highest BCUT2D eigenvalue weighted by Gasteiger charge is 2.23. The fourth-order valence-electron chi connectivity index (χ4n) is 4.89. The van der Waals surface area contributed by atoms with Gasteiger partial charge < -0.3 is 10.2 Å². The molecule has 1 saturated heterocycles. The summed E-state index contributed by atoms with van der Waals surface area (Å²) in [6.45, 7) is 6.19. The van der Waals surface area contributed by atoms with Crippen molar-refractivity contribution in [1.82, 2.24) is 38.6 Å². The number of rotatable bonds is 8. The van der Waals surface area contributed by atoms with E-state index in [0.717, 1.165) is 11.4 Å². The van der Waals surface area contributed by atoms with Gasteiger partial charge in [-0.3, -0.25) is 14.8 Å². The second-order valence-corrected chi connectivity index (χ2v) is 11.7. The van der Waals surface area contributed by atoms with Gasteiger partial charge in [0.15, 0.2) is 11.5 Å². The number of fused-ring (bicyclic) bond motifs is 1. The highest BCUT2D eigenvalue weighted by atomic mass is 32.2. The summed E-state index contributed by atoms with van der Waals surface area (Å²) in [5.74, 6) is 0.795. The monoisotopic (exact) mass is 584 g/mol. The van der Waals surface area contributed by atoms with E-state index in [1.54, 1.807) is 35.4 Å². The van der Waals surface area contributed by atoms with Crippen LogP contribution in [0.5, 0.6) is 0 Å². The molecule has 0 spiro atoms. The van der Waals surface area contributed by atoms with Gasteiger partial charge in [-0.25, -0.2) is 27.7 Å². The molecular formula is C28H28N10O3S. The van der Waals surface area contributed by atoms with Crippen LogP contribution in [0.2, 0.25) is 0 Å². The first-order chi connectivity index (χ1) is 20.3. The summed E-state index contributed by atoms with van der Waals surface area (Å²) in [6, 6.07) is 13.2. The van der Waals surface area contributed by atoms with Crippen molar-refractivity contribution in [2.24, 2.45) is 0 Å². The van der Waals surface area contributed by atoms with Crippen LogP contribution in [0.25, 0.3) is 28.2 Å². The van der Waals surface area contributed by atoms with Crippen LogP contribution in [0, 0.1) is 0 Å². The van der Waals surface area contributed by atoms with Crippen molar-refractivity contribution in [3.05, 3.63) is 90.3 Å². The molecule has 214 valence electrons. The molecule has 13 nitrogen and oxygen atoms in total. The van der Waals surface area contributed by atoms with E-state index in [-0.39, 0.29) is 12.1 Å². The van der Waals surface area contributed by atoms with E-state index >= 15 is 0 Å². The van der Waals surface area contributed by atoms with Gasteiger partial charge in [0.05, 0.1) is 24.7 Å². The molecule has 4 aromatic heterocycles. The van der Waals surface area contributed by atoms with E-state index in [1.807, 2.05) is 36.4 Å². The molecule has 0 atom stereocenters. The Kier molecular flexibility index (Phi) is 7.22. The lowest BCUT2D eigenvalue weighted by molar-refractivity contribution is 0.388. The molecule has 1 aromatic carbocycles. The van der Waals surface area contributed by atoms with Crippen LogP contribution in [0.3, 0.4) is 0 Å². The molecule has 0 amide bonds. The van der Waals surface area contributed by atoms with Crippen molar-refractivity contribution in [2.75, 3.05) is 42.7 Å². The molecule has 1 N–H and O–H groups in total. The summed E-state index contributed by atoms with van der Waals surface area (Å²) >= 11 is 0. The highest BCUT2D eigenvalue weighted by molar-refractivity contribution is 7.88. The maximum Gasteiger partial charge on any atom is 0.278 e. The molecule has 0 bridgehead atoms. The number of anilines is 3. The zero-order chi connectivity index (χ0) is 29.3. The Balaban J connectivity index is 1.29. The van der Waals surface area contributed by atoms with E-state index in [2.05, 4.69) is 31.7 Å². The van der Waals surface area contributed by atoms with Gasteiger partial charge in [0.1, 0.15) is 11.1 Å². The second kappa shape index (κ2) is 11.1. The number of benzene rings is 1. The zero-order valence-electron chi connectivity index (χ0n) is 22.8. The summed E-state index contributed by atoms with van der Waals surface area (Å²) in [5.41, 5.74) is 3.09. The van der Waals surface area contributed by atoms with Gasteiger partial charge in [0.2, 0.25) is 16.0 Å². The minimum atomic E-state index is -3.18. The van der Waals surface area contributed by atoms with E-state index in [1.165, 1.54) is 21.4 Å². The SMILES string of the molecule is C=CCn1c(=O)c2cnc(Nc3ccc(N4CCN(S(C)(=O)=O)CC4)cc3)nc2n1-c1cccc(-c2cnccn2)n1. The third-order valence-corrected chi connectivity index (χ3v) is 8.25. The van der Waals surface area contributed by atoms with Crippen LogP contribution in [0.15, 0.2) is 84.7 Å². The van der Waals surface area contributed by atoms with Crippen LogP contribution in [-0.2, 0) is 16.6 Å². The first-order valence-corrected chi connectivity index (χ1v) is 15.1. The van der Waals surface area contributed by atoms with Gasteiger partial charge in [-0.05, 0) is 36.4 Å². The molecule has 0 radical (unpaired) electrons. The van der Waals surface area contributed by atoms with Crippen molar-refractivity contribution >= 4 is 38.4 Å². The highest BCUT2D eigenvalue weighted by Crippen LogP contribution is 2.23. The molecule has 0 unspecified atom stereocenters. The second-order valence-electron chi connectivity index (χ2n) is 9.71. The number of piperazine rings is 1. The quantitative estimate of drug-likeness (QED) is 0.270. The topological polar surface area (TPSA) is 144 Å². The number of nitrogens with one attached hydrogen (secondary N) is 1. The van der Waals surface area contributed by atoms with Gasteiger partial charge in [0.25, 0.3) is 5.56 Å². The van der Waals surface area contributed by atoms with Crippen LogP contribution in [-0.4, -0.2) is 79.4 Å². The minimum Gasteiger partial charge on any atom is -0.369 e. The fourth-order valence-corrected chi connectivity index (χ4v) is 5.71. The van der Waals surface area contributed by atoms with Gasteiger partial charge in [-0.15, -0.1) is 6.58 Å². The Labute approximate surface area is 241 Å². The van der Waals surface area contributed by atoms with Crippen molar-refractivity contribution in [3.63, 3.8) is 0 Å². The average Bonchev–Trinajstić information content (AvgIpc) is 3.28. The molecule has 1 fully saturated rings. The van der Waals surface area contributed by atoms with Crippen LogP contribution < -0.4 is 15.8 Å². The van der Waals surface area contributed by atoms with Gasteiger partial charge in [0, 0.05) is 56.1 Å². The molecule has 5 heterocycles. The summed E-state index contributed by atoms with van der Waals surface area (Å²) in [5, 5.41) is 3.56. The Morgan fingerprint density at radius 1 is 0.952 bits per heavy atom. The Morgan fingerprint density at radius 3 is 2.43 bits per heavy atom. The standard InChI is InChI=1S/C28H28N10O3S/c1-3-13-37-27(39)22-18-31-28(32-20-7-9-21(10-8-20)35-14-16-36(17-15-35)42(2,40)41)34-26(22)38(37)25-6-4-5-23(33-25)24-19-29-11-12-30-24/h3-12,18-19H,1,13-17H2,2H3,(H,31,32,34). The largest absolute Gasteiger partial charge is 0.369 e. The zero-order valence-corrected chi connectivity index (χ0v) is 23.6. The van der Waals surface area contributed by atoms with E-state index in [0.29, 0.717) is 60.4 Å². The molecule has 0 saturated carbocycles. The van der Waals surface area contributed by atoms with Crippen LogP contribution in [0.1, 0.15) is 0 Å². The number of hydrogen-bond donors (Lipinski definition) is 1. The Bertz CT molecular complexity index is 1910. The fraction of sp³-hybridized carbons (Fsp3) is 0.214. The molecular weight excluding hydrogens is 556 g/mol. The lowest BCUT2D eigenvalue weighted by Gasteiger charge is -2.34. The number of sulfonamides is 1. The van der Waals surface area contributed by atoms with Gasteiger partial charge >= 0.3 is 0 Å². The van der Waals surface area contributed by atoms with Crippen molar-refractivity contribution in [1.29, 1.82) is 0 Å². The van der Waals surface area contributed by atoms with Crippen molar-refractivity contribution in [3.8, 4) is 17.2 Å². The van der Waals surface area contributed by atoms with E-state index in [9.17, 15) is 13.2 Å².